The maximum absolute atomic E-state index is 12.3. The summed E-state index contributed by atoms with van der Waals surface area (Å²) < 4.78 is 0. The molecule has 1 saturated carbocycles. The number of aromatic nitrogens is 1. The Kier molecular flexibility index (Phi) is 5.09. The van der Waals surface area contributed by atoms with Crippen LogP contribution in [0.25, 0.3) is 0 Å². The minimum Gasteiger partial charge on any atom is -0.350 e. The fourth-order valence-electron chi connectivity index (χ4n) is 3.06. The van der Waals surface area contributed by atoms with Crippen molar-refractivity contribution in [2.45, 2.75) is 37.8 Å². The van der Waals surface area contributed by atoms with Crippen molar-refractivity contribution in [2.75, 3.05) is 5.32 Å². The average molecular weight is 338 g/mol. The normalized spacial score (nSPS) is 15.6. The average Bonchev–Trinajstić information content (AvgIpc) is 3.09. The quantitative estimate of drug-likeness (QED) is 0.779. The Bertz CT molecular complexity index is 755. The molecule has 1 fully saturated rings. The van der Waals surface area contributed by atoms with Crippen molar-refractivity contribution in [1.82, 2.24) is 10.3 Å². The summed E-state index contributed by atoms with van der Waals surface area (Å²) in [6, 6.07) is 10.7. The molecule has 1 aromatic heterocycles. The molecule has 0 bridgehead atoms. The van der Waals surface area contributed by atoms with Crippen LogP contribution in [0.1, 0.15) is 41.6 Å². The first-order valence-electron chi connectivity index (χ1n) is 8.44. The van der Waals surface area contributed by atoms with Gasteiger partial charge in [0.05, 0.1) is 5.54 Å². The monoisotopic (exact) mass is 338 g/mol. The van der Waals surface area contributed by atoms with Crippen LogP contribution >= 0.6 is 0 Å². The summed E-state index contributed by atoms with van der Waals surface area (Å²) in [5.74, 6) is -0.299. The van der Waals surface area contributed by atoms with Crippen molar-refractivity contribution in [3.8, 4) is 0 Å². The maximum atomic E-state index is 12.3. The van der Waals surface area contributed by atoms with Gasteiger partial charge in [0.15, 0.2) is 0 Å². The van der Waals surface area contributed by atoms with E-state index in [2.05, 4.69) is 15.6 Å². The van der Waals surface area contributed by atoms with Gasteiger partial charge in [-0.1, -0.05) is 25.0 Å². The fourth-order valence-corrected chi connectivity index (χ4v) is 3.06. The lowest BCUT2D eigenvalue weighted by Crippen LogP contribution is -2.51. The Morgan fingerprint density at radius 3 is 2.56 bits per heavy atom. The third-order valence-electron chi connectivity index (χ3n) is 4.53. The first-order valence-corrected chi connectivity index (χ1v) is 8.44. The highest BCUT2D eigenvalue weighted by molar-refractivity contribution is 6.04. The number of nitrogens with one attached hydrogen (secondary N) is 2. The lowest BCUT2D eigenvalue weighted by molar-refractivity contribution is -0.126. The van der Waals surface area contributed by atoms with E-state index in [9.17, 15) is 9.59 Å². The van der Waals surface area contributed by atoms with E-state index in [4.69, 9.17) is 5.73 Å². The highest BCUT2D eigenvalue weighted by atomic mass is 16.2. The molecule has 2 aromatic rings. The molecule has 25 heavy (non-hydrogen) atoms. The Hall–Kier alpha value is -2.73. The van der Waals surface area contributed by atoms with Gasteiger partial charge in [-0.05, 0) is 42.7 Å². The third-order valence-corrected chi connectivity index (χ3v) is 4.53. The molecule has 0 aliphatic heterocycles. The highest BCUT2D eigenvalue weighted by Gasteiger charge is 2.36. The standard InChI is InChI=1S/C19H22N4O2/c20-19(8-1-2-9-19)18(25)22-13-14-4-3-5-16(12-14)23-17(24)15-6-10-21-11-7-15/h3-7,10-12H,1-2,8-9,13,20H2,(H,22,25)(H,23,24). The van der Waals surface area contributed by atoms with Gasteiger partial charge in [-0.25, -0.2) is 0 Å². The molecule has 0 spiro atoms. The number of rotatable bonds is 5. The smallest absolute Gasteiger partial charge is 0.255 e. The van der Waals surface area contributed by atoms with Gasteiger partial charge in [0.2, 0.25) is 5.91 Å². The zero-order valence-electron chi connectivity index (χ0n) is 14.0. The van der Waals surface area contributed by atoms with Crippen LogP contribution in [-0.2, 0) is 11.3 Å². The summed E-state index contributed by atoms with van der Waals surface area (Å²) in [7, 11) is 0. The molecule has 0 atom stereocenters. The zero-order chi connectivity index (χ0) is 17.7. The third kappa shape index (κ3) is 4.22. The second kappa shape index (κ2) is 7.44. The molecular formula is C19H22N4O2. The molecule has 2 amide bonds. The molecule has 1 aliphatic rings. The lowest BCUT2D eigenvalue weighted by Gasteiger charge is -2.22. The largest absolute Gasteiger partial charge is 0.350 e. The number of pyridine rings is 1. The van der Waals surface area contributed by atoms with Gasteiger partial charge >= 0.3 is 0 Å². The van der Waals surface area contributed by atoms with Gasteiger partial charge in [-0.3, -0.25) is 14.6 Å². The molecule has 1 heterocycles. The van der Waals surface area contributed by atoms with Gasteiger partial charge in [0, 0.05) is 30.2 Å². The summed E-state index contributed by atoms with van der Waals surface area (Å²) >= 11 is 0. The molecule has 0 saturated heterocycles. The van der Waals surface area contributed by atoms with Gasteiger partial charge in [0.25, 0.3) is 5.91 Å². The van der Waals surface area contributed by atoms with Crippen LogP contribution in [0, 0.1) is 0 Å². The molecule has 1 aromatic carbocycles. The van der Waals surface area contributed by atoms with Gasteiger partial charge in [-0.2, -0.15) is 0 Å². The van der Waals surface area contributed by atoms with Gasteiger partial charge in [-0.15, -0.1) is 0 Å². The topological polar surface area (TPSA) is 97.1 Å². The van der Waals surface area contributed by atoms with Gasteiger partial charge in [0.1, 0.15) is 0 Å². The Balaban J connectivity index is 1.60. The maximum Gasteiger partial charge on any atom is 0.255 e. The first-order chi connectivity index (χ1) is 12.1. The second-order valence-electron chi connectivity index (χ2n) is 6.44. The Morgan fingerprint density at radius 2 is 1.84 bits per heavy atom. The number of carbonyl (C=O) groups excluding carboxylic acids is 2. The SMILES string of the molecule is NC1(C(=O)NCc2cccc(NC(=O)c3ccncc3)c2)CCCC1. The van der Waals surface area contributed by atoms with Crippen LogP contribution in [-0.4, -0.2) is 22.3 Å². The number of nitrogens with zero attached hydrogens (tertiary/aromatic N) is 1. The van der Waals surface area contributed by atoms with Crippen LogP contribution in [0.5, 0.6) is 0 Å². The number of carbonyl (C=O) groups is 2. The van der Waals surface area contributed by atoms with Crippen LogP contribution in [0.3, 0.4) is 0 Å². The first kappa shape index (κ1) is 17.1. The summed E-state index contributed by atoms with van der Waals surface area (Å²) in [4.78, 5) is 28.4. The Morgan fingerprint density at radius 1 is 1.12 bits per heavy atom. The van der Waals surface area contributed by atoms with Crippen LogP contribution in [0.2, 0.25) is 0 Å². The van der Waals surface area contributed by atoms with Crippen molar-refractivity contribution < 1.29 is 9.59 Å². The number of amides is 2. The number of benzene rings is 1. The summed E-state index contributed by atoms with van der Waals surface area (Å²) in [5, 5.41) is 5.75. The predicted molar refractivity (Wildman–Crippen MR) is 95.9 cm³/mol. The zero-order valence-corrected chi connectivity index (χ0v) is 14.0. The molecule has 3 rings (SSSR count). The van der Waals surface area contributed by atoms with Crippen molar-refractivity contribution in [2.24, 2.45) is 5.73 Å². The summed E-state index contributed by atoms with van der Waals surface area (Å²) in [5.41, 5.74) is 7.55. The van der Waals surface area contributed by atoms with E-state index < -0.39 is 5.54 Å². The van der Waals surface area contributed by atoms with Crippen LogP contribution in [0.15, 0.2) is 48.8 Å². The van der Waals surface area contributed by atoms with E-state index >= 15 is 0 Å². The highest BCUT2D eigenvalue weighted by Crippen LogP contribution is 2.27. The molecular weight excluding hydrogens is 316 g/mol. The molecule has 1 aliphatic carbocycles. The van der Waals surface area contributed by atoms with E-state index in [-0.39, 0.29) is 11.8 Å². The minimum absolute atomic E-state index is 0.101. The molecule has 130 valence electrons. The van der Waals surface area contributed by atoms with E-state index in [1.165, 1.54) is 0 Å². The second-order valence-corrected chi connectivity index (χ2v) is 6.44. The summed E-state index contributed by atoms with van der Waals surface area (Å²) in [6.45, 7) is 0.386. The van der Waals surface area contributed by atoms with Crippen molar-refractivity contribution in [1.29, 1.82) is 0 Å². The molecule has 6 heteroatoms. The number of anilines is 1. The minimum atomic E-state index is -0.729. The lowest BCUT2D eigenvalue weighted by atomic mass is 9.98. The van der Waals surface area contributed by atoms with E-state index in [1.54, 1.807) is 24.5 Å². The van der Waals surface area contributed by atoms with Gasteiger partial charge < -0.3 is 16.4 Å². The molecule has 0 unspecified atom stereocenters. The number of nitrogens with two attached hydrogens (primary N) is 1. The van der Waals surface area contributed by atoms with E-state index in [0.717, 1.165) is 31.2 Å². The Labute approximate surface area is 146 Å². The molecule has 6 nitrogen and oxygen atoms in total. The fraction of sp³-hybridized carbons (Fsp3) is 0.316. The van der Waals surface area contributed by atoms with Crippen molar-refractivity contribution >= 4 is 17.5 Å². The van der Waals surface area contributed by atoms with E-state index in [1.807, 2.05) is 24.3 Å². The van der Waals surface area contributed by atoms with Crippen molar-refractivity contribution in [3.05, 3.63) is 59.9 Å². The van der Waals surface area contributed by atoms with E-state index in [0.29, 0.717) is 17.8 Å². The number of hydrogen-bond donors (Lipinski definition) is 3. The number of hydrogen-bond acceptors (Lipinski definition) is 4. The predicted octanol–water partition coefficient (Wildman–Crippen LogP) is 2.22. The molecule has 0 radical (unpaired) electrons. The van der Waals surface area contributed by atoms with Crippen LogP contribution in [0.4, 0.5) is 5.69 Å². The van der Waals surface area contributed by atoms with Crippen LogP contribution < -0.4 is 16.4 Å². The molecule has 4 N–H and O–H groups in total. The summed E-state index contributed by atoms with van der Waals surface area (Å²) in [6.07, 6.45) is 6.63. The van der Waals surface area contributed by atoms with Crippen molar-refractivity contribution in [3.63, 3.8) is 0 Å².